The quantitative estimate of drug-likeness (QED) is 0.365. The van der Waals surface area contributed by atoms with Gasteiger partial charge in [0.1, 0.15) is 5.75 Å². The summed E-state index contributed by atoms with van der Waals surface area (Å²) in [6.45, 7) is 3.99. The third-order valence-corrected chi connectivity index (χ3v) is 4.04. The van der Waals surface area contributed by atoms with Crippen molar-refractivity contribution in [2.75, 3.05) is 38.4 Å². The number of nitrogens with one attached hydrogen (secondary N) is 1. The van der Waals surface area contributed by atoms with Crippen LogP contribution in [0, 0.1) is 0 Å². The number of ether oxygens (including phenoxy) is 2. The van der Waals surface area contributed by atoms with Gasteiger partial charge in [-0.05, 0) is 25.1 Å². The molecule has 0 spiro atoms. The van der Waals surface area contributed by atoms with Crippen molar-refractivity contribution in [2.24, 2.45) is 10.7 Å². The summed E-state index contributed by atoms with van der Waals surface area (Å²) in [4.78, 5) is 4.27. The van der Waals surface area contributed by atoms with Gasteiger partial charge in [0, 0.05) is 29.1 Å². The van der Waals surface area contributed by atoms with Gasteiger partial charge in [0.2, 0.25) is 0 Å². The fourth-order valence-electron chi connectivity index (χ4n) is 1.70. The topological polar surface area (TPSA) is 68.9 Å². The number of hydrogen-bond acceptors (Lipinski definition) is 4. The molecule has 1 atom stereocenters. The number of nitrogens with zero attached hydrogens (tertiary/aromatic N) is 1. The molecule has 7 heteroatoms. The lowest BCUT2D eigenvalue weighted by molar-refractivity contribution is 0.179. The molecule has 1 aromatic rings. The maximum Gasteiger partial charge on any atom is 0.188 e. The van der Waals surface area contributed by atoms with Gasteiger partial charge >= 0.3 is 0 Å². The molecule has 1 unspecified atom stereocenters. The third kappa shape index (κ3) is 9.17. The molecular formula is C15H24BrN3O2S. The summed E-state index contributed by atoms with van der Waals surface area (Å²) < 4.78 is 11.7. The number of methoxy groups -OCH3 is 1. The van der Waals surface area contributed by atoms with Gasteiger partial charge in [-0.1, -0.05) is 22.0 Å². The fourth-order valence-corrected chi connectivity index (χ4v) is 2.70. The van der Waals surface area contributed by atoms with E-state index in [1.54, 1.807) is 18.9 Å². The molecular weight excluding hydrogens is 366 g/mol. The Balaban J connectivity index is 2.05. The lowest BCUT2D eigenvalue weighted by atomic mass is 10.3. The molecule has 0 heterocycles. The van der Waals surface area contributed by atoms with E-state index in [0.717, 1.165) is 21.7 Å². The summed E-state index contributed by atoms with van der Waals surface area (Å²) in [6, 6.07) is 8.02. The van der Waals surface area contributed by atoms with Crippen LogP contribution in [-0.4, -0.2) is 50.4 Å². The van der Waals surface area contributed by atoms with Crippen LogP contribution >= 0.6 is 27.7 Å². The second-order valence-corrected chi connectivity index (χ2v) is 6.83. The summed E-state index contributed by atoms with van der Waals surface area (Å²) in [5, 5.41) is 3.07. The number of hydrogen-bond donors (Lipinski definition) is 2. The van der Waals surface area contributed by atoms with Crippen LogP contribution in [0.1, 0.15) is 6.92 Å². The first-order chi connectivity index (χ1) is 10.6. The molecule has 0 aromatic heterocycles. The first-order valence-corrected chi connectivity index (χ1v) is 9.08. The van der Waals surface area contributed by atoms with E-state index < -0.39 is 0 Å². The van der Waals surface area contributed by atoms with Gasteiger partial charge in [0.15, 0.2) is 5.96 Å². The summed E-state index contributed by atoms with van der Waals surface area (Å²) >= 11 is 5.22. The number of nitrogens with two attached hydrogens (primary N) is 1. The van der Waals surface area contributed by atoms with Gasteiger partial charge in [-0.2, -0.15) is 11.8 Å². The van der Waals surface area contributed by atoms with E-state index in [4.69, 9.17) is 15.2 Å². The van der Waals surface area contributed by atoms with E-state index in [1.165, 1.54) is 0 Å². The monoisotopic (exact) mass is 389 g/mol. The summed E-state index contributed by atoms with van der Waals surface area (Å²) in [5.74, 6) is 3.20. The first-order valence-electron chi connectivity index (χ1n) is 7.13. The number of benzene rings is 1. The van der Waals surface area contributed by atoms with Crippen LogP contribution in [0.15, 0.2) is 33.7 Å². The third-order valence-electron chi connectivity index (χ3n) is 2.62. The van der Waals surface area contributed by atoms with E-state index in [0.29, 0.717) is 25.7 Å². The number of rotatable bonds is 10. The predicted molar refractivity (Wildman–Crippen MR) is 97.9 cm³/mol. The van der Waals surface area contributed by atoms with Crippen molar-refractivity contribution in [1.29, 1.82) is 0 Å². The second kappa shape index (κ2) is 11.6. The summed E-state index contributed by atoms with van der Waals surface area (Å²) in [6.07, 6.45) is 0. The van der Waals surface area contributed by atoms with Crippen LogP contribution in [0.25, 0.3) is 0 Å². The van der Waals surface area contributed by atoms with Crippen LogP contribution in [0.5, 0.6) is 5.75 Å². The molecule has 0 aliphatic carbocycles. The smallest absolute Gasteiger partial charge is 0.188 e. The van der Waals surface area contributed by atoms with Crippen LogP contribution in [0.2, 0.25) is 0 Å². The van der Waals surface area contributed by atoms with Crippen molar-refractivity contribution in [3.63, 3.8) is 0 Å². The minimum absolute atomic E-state index is 0.167. The highest BCUT2D eigenvalue weighted by Gasteiger charge is 2.01. The Morgan fingerprint density at radius 1 is 1.45 bits per heavy atom. The number of halogens is 1. The largest absolute Gasteiger partial charge is 0.493 e. The Hall–Kier alpha value is -0.920. The van der Waals surface area contributed by atoms with Crippen molar-refractivity contribution < 1.29 is 9.47 Å². The average molecular weight is 390 g/mol. The molecule has 0 radical (unpaired) electrons. The van der Waals surface area contributed by atoms with Crippen LogP contribution in [0.4, 0.5) is 0 Å². The molecule has 0 aliphatic heterocycles. The van der Waals surface area contributed by atoms with Crippen molar-refractivity contribution >= 4 is 33.7 Å². The second-order valence-electron chi connectivity index (χ2n) is 4.69. The zero-order chi connectivity index (χ0) is 16.2. The lowest BCUT2D eigenvalue weighted by Gasteiger charge is -2.12. The van der Waals surface area contributed by atoms with Gasteiger partial charge in [-0.25, -0.2) is 0 Å². The highest BCUT2D eigenvalue weighted by molar-refractivity contribution is 9.10. The minimum Gasteiger partial charge on any atom is -0.493 e. The SMILES string of the molecule is COCC(C)NC(N)=NCCSCCOc1cccc(Br)c1. The molecule has 0 aliphatic rings. The van der Waals surface area contributed by atoms with E-state index >= 15 is 0 Å². The van der Waals surface area contributed by atoms with E-state index in [-0.39, 0.29) is 6.04 Å². The molecule has 0 amide bonds. The van der Waals surface area contributed by atoms with Crippen LogP contribution in [0.3, 0.4) is 0 Å². The average Bonchev–Trinajstić information content (AvgIpc) is 2.46. The first kappa shape index (κ1) is 19.1. The molecule has 1 aromatic carbocycles. The maximum absolute atomic E-state index is 5.78. The maximum atomic E-state index is 5.78. The van der Waals surface area contributed by atoms with Crippen molar-refractivity contribution in [2.45, 2.75) is 13.0 Å². The summed E-state index contributed by atoms with van der Waals surface area (Å²) in [5.41, 5.74) is 5.78. The van der Waals surface area contributed by atoms with Gasteiger partial charge in [0.05, 0.1) is 19.8 Å². The van der Waals surface area contributed by atoms with Crippen molar-refractivity contribution in [3.05, 3.63) is 28.7 Å². The zero-order valence-electron chi connectivity index (χ0n) is 13.0. The van der Waals surface area contributed by atoms with Gasteiger partial charge in [0.25, 0.3) is 0 Å². The highest BCUT2D eigenvalue weighted by atomic mass is 79.9. The van der Waals surface area contributed by atoms with Gasteiger partial charge in [-0.3, -0.25) is 4.99 Å². The lowest BCUT2D eigenvalue weighted by Crippen LogP contribution is -2.40. The fraction of sp³-hybridized carbons (Fsp3) is 0.533. The number of thioether (sulfide) groups is 1. The molecule has 0 fully saturated rings. The van der Waals surface area contributed by atoms with E-state index in [9.17, 15) is 0 Å². The van der Waals surface area contributed by atoms with Crippen LogP contribution < -0.4 is 15.8 Å². The van der Waals surface area contributed by atoms with Gasteiger partial charge < -0.3 is 20.5 Å². The molecule has 5 nitrogen and oxygen atoms in total. The van der Waals surface area contributed by atoms with E-state index in [1.807, 2.05) is 31.2 Å². The Bertz CT molecular complexity index is 460. The van der Waals surface area contributed by atoms with Crippen LogP contribution in [-0.2, 0) is 4.74 Å². The minimum atomic E-state index is 0.167. The highest BCUT2D eigenvalue weighted by Crippen LogP contribution is 2.17. The molecule has 22 heavy (non-hydrogen) atoms. The molecule has 1 rings (SSSR count). The van der Waals surface area contributed by atoms with E-state index in [2.05, 4.69) is 26.2 Å². The van der Waals surface area contributed by atoms with Crippen molar-refractivity contribution in [3.8, 4) is 5.75 Å². The standard InChI is InChI=1S/C15H24BrN3O2S/c1-12(11-20-2)19-15(17)18-6-8-22-9-7-21-14-5-3-4-13(16)10-14/h3-5,10,12H,6-9,11H2,1-2H3,(H3,17,18,19). The number of aliphatic imine (C=N–C) groups is 1. The number of guanidine groups is 1. The predicted octanol–water partition coefficient (Wildman–Crippen LogP) is 2.50. The molecule has 3 N–H and O–H groups in total. The Kier molecular flexibility index (Phi) is 10.1. The Morgan fingerprint density at radius 3 is 3.00 bits per heavy atom. The normalized spacial score (nSPS) is 13.0. The molecule has 0 saturated carbocycles. The molecule has 0 saturated heterocycles. The molecule has 0 bridgehead atoms. The van der Waals surface area contributed by atoms with Gasteiger partial charge in [-0.15, -0.1) is 0 Å². The Labute approximate surface area is 145 Å². The molecule has 124 valence electrons. The summed E-state index contributed by atoms with van der Waals surface area (Å²) in [7, 11) is 1.67. The zero-order valence-corrected chi connectivity index (χ0v) is 15.5. The van der Waals surface area contributed by atoms with Crippen molar-refractivity contribution in [1.82, 2.24) is 5.32 Å². The Morgan fingerprint density at radius 2 is 2.27 bits per heavy atom.